The molecule has 0 heterocycles. The molecule has 2 rings (SSSR count). The number of halogens is 1. The van der Waals surface area contributed by atoms with Gasteiger partial charge in [0.15, 0.2) is 5.96 Å². The van der Waals surface area contributed by atoms with Gasteiger partial charge in [-0.15, -0.1) is 24.0 Å². The molecule has 0 radical (unpaired) electrons. The molecule has 0 aliphatic carbocycles. The maximum Gasteiger partial charge on any atom is 0.240 e. The van der Waals surface area contributed by atoms with Crippen molar-refractivity contribution in [2.45, 2.75) is 24.9 Å². The highest BCUT2D eigenvalue weighted by atomic mass is 127. The van der Waals surface area contributed by atoms with Gasteiger partial charge in [0.2, 0.25) is 10.0 Å². The maximum atomic E-state index is 11.8. The molecular formula is C21H29IN4O3S. The second kappa shape index (κ2) is 13.2. The molecule has 164 valence electrons. The van der Waals surface area contributed by atoms with Crippen LogP contribution in [0.15, 0.2) is 71.1 Å². The van der Waals surface area contributed by atoms with E-state index in [1.807, 2.05) is 31.2 Å². The monoisotopic (exact) mass is 544 g/mol. The van der Waals surface area contributed by atoms with Gasteiger partial charge < -0.3 is 15.4 Å². The standard InChI is InChI=1S/C21H28N4O3S.HI/c1-4-14-28-20-9-7-6-8-18(20)16-25-21(23-5-2)24-15-17-10-12-19(13-11-17)29(26,27)22-3;/h4,6-13,22H,1,5,14-16H2,2-3H3,(H2,23,24,25);1H. The zero-order chi connectivity index (χ0) is 21.1. The molecule has 0 aromatic heterocycles. The average molecular weight is 544 g/mol. The third-order valence-corrected chi connectivity index (χ3v) is 5.47. The zero-order valence-corrected chi connectivity index (χ0v) is 20.4. The van der Waals surface area contributed by atoms with E-state index in [1.165, 1.54) is 7.05 Å². The minimum Gasteiger partial charge on any atom is -0.489 e. The Kier molecular flexibility index (Phi) is 11.4. The number of aliphatic imine (C=N–C) groups is 1. The Labute approximate surface area is 196 Å². The number of hydrogen-bond donors (Lipinski definition) is 3. The smallest absolute Gasteiger partial charge is 0.240 e. The van der Waals surface area contributed by atoms with Crippen LogP contribution in [0, 0.1) is 0 Å². The second-order valence-corrected chi connectivity index (χ2v) is 7.99. The number of hydrogen-bond acceptors (Lipinski definition) is 4. The molecule has 3 N–H and O–H groups in total. The number of rotatable bonds is 10. The SMILES string of the molecule is C=CCOc1ccccc1CNC(=NCc1ccc(S(=O)(=O)NC)cc1)NCC.I. The Bertz CT molecular complexity index is 932. The minimum atomic E-state index is -3.43. The van der Waals surface area contributed by atoms with Gasteiger partial charge in [-0.05, 0) is 37.7 Å². The van der Waals surface area contributed by atoms with Gasteiger partial charge in [0, 0.05) is 18.7 Å². The summed E-state index contributed by atoms with van der Waals surface area (Å²) in [5, 5.41) is 6.50. The lowest BCUT2D eigenvalue weighted by Gasteiger charge is -2.14. The number of nitrogens with one attached hydrogen (secondary N) is 3. The van der Waals surface area contributed by atoms with E-state index in [2.05, 4.69) is 26.9 Å². The molecule has 0 aliphatic rings. The zero-order valence-electron chi connectivity index (χ0n) is 17.2. The fourth-order valence-electron chi connectivity index (χ4n) is 2.52. The van der Waals surface area contributed by atoms with Crippen molar-refractivity contribution in [1.29, 1.82) is 0 Å². The molecule has 0 amide bonds. The Balaban J connectivity index is 0.00000450. The third kappa shape index (κ3) is 7.96. The number of para-hydroxylation sites is 1. The van der Waals surface area contributed by atoms with Gasteiger partial charge in [0.05, 0.1) is 11.4 Å². The molecule has 2 aromatic rings. The first-order valence-electron chi connectivity index (χ1n) is 9.36. The highest BCUT2D eigenvalue weighted by molar-refractivity contribution is 14.0. The molecular weight excluding hydrogens is 515 g/mol. The lowest BCUT2D eigenvalue weighted by Crippen LogP contribution is -2.36. The van der Waals surface area contributed by atoms with E-state index in [9.17, 15) is 8.42 Å². The first-order chi connectivity index (χ1) is 14.0. The van der Waals surface area contributed by atoms with Crippen LogP contribution in [-0.4, -0.2) is 34.6 Å². The predicted molar refractivity (Wildman–Crippen MR) is 132 cm³/mol. The largest absolute Gasteiger partial charge is 0.489 e. The molecule has 0 fully saturated rings. The first kappa shape index (κ1) is 25.9. The Morgan fingerprint density at radius 3 is 2.47 bits per heavy atom. The molecule has 7 nitrogen and oxygen atoms in total. The predicted octanol–water partition coefficient (Wildman–Crippen LogP) is 3.03. The molecule has 30 heavy (non-hydrogen) atoms. The van der Waals surface area contributed by atoms with Crippen LogP contribution in [-0.2, 0) is 23.1 Å². The lowest BCUT2D eigenvalue weighted by atomic mass is 10.2. The molecule has 0 unspecified atom stereocenters. The van der Waals surface area contributed by atoms with Gasteiger partial charge >= 0.3 is 0 Å². The number of benzene rings is 2. The molecule has 0 atom stereocenters. The molecule has 0 spiro atoms. The third-order valence-electron chi connectivity index (χ3n) is 4.04. The maximum absolute atomic E-state index is 11.8. The van der Waals surface area contributed by atoms with Crippen LogP contribution < -0.4 is 20.1 Å². The van der Waals surface area contributed by atoms with Gasteiger partial charge in [-0.1, -0.05) is 43.0 Å². The quantitative estimate of drug-likeness (QED) is 0.185. The van der Waals surface area contributed by atoms with Crippen molar-refractivity contribution in [3.05, 3.63) is 72.3 Å². The van der Waals surface area contributed by atoms with Gasteiger partial charge in [0.25, 0.3) is 0 Å². The fourth-order valence-corrected chi connectivity index (χ4v) is 3.25. The van der Waals surface area contributed by atoms with E-state index in [-0.39, 0.29) is 28.9 Å². The summed E-state index contributed by atoms with van der Waals surface area (Å²) in [6.07, 6.45) is 1.71. The number of ether oxygens (including phenoxy) is 1. The van der Waals surface area contributed by atoms with E-state index in [4.69, 9.17) is 4.74 Å². The van der Waals surface area contributed by atoms with Crippen molar-refractivity contribution in [2.24, 2.45) is 4.99 Å². The topological polar surface area (TPSA) is 91.8 Å². The van der Waals surface area contributed by atoms with E-state index in [1.54, 1.807) is 30.3 Å². The van der Waals surface area contributed by atoms with Crippen molar-refractivity contribution < 1.29 is 13.2 Å². The summed E-state index contributed by atoms with van der Waals surface area (Å²) >= 11 is 0. The van der Waals surface area contributed by atoms with Crippen LogP contribution in [0.3, 0.4) is 0 Å². The Morgan fingerprint density at radius 2 is 1.83 bits per heavy atom. The number of guanidine groups is 1. The molecule has 0 aliphatic heterocycles. The molecule has 2 aromatic carbocycles. The van der Waals surface area contributed by atoms with Crippen molar-refractivity contribution in [3.63, 3.8) is 0 Å². The summed E-state index contributed by atoms with van der Waals surface area (Å²) in [5.74, 6) is 1.47. The van der Waals surface area contributed by atoms with E-state index < -0.39 is 10.0 Å². The summed E-state index contributed by atoms with van der Waals surface area (Å²) in [4.78, 5) is 4.81. The minimum absolute atomic E-state index is 0. The first-order valence-corrected chi connectivity index (χ1v) is 10.8. The van der Waals surface area contributed by atoms with Gasteiger partial charge in [0.1, 0.15) is 12.4 Å². The van der Waals surface area contributed by atoms with Gasteiger partial charge in [-0.3, -0.25) is 0 Å². The summed E-state index contributed by atoms with van der Waals surface area (Å²) in [7, 11) is -2.04. The number of nitrogens with zero attached hydrogens (tertiary/aromatic N) is 1. The van der Waals surface area contributed by atoms with E-state index >= 15 is 0 Å². The normalized spacial score (nSPS) is 11.3. The molecule has 0 saturated carbocycles. The lowest BCUT2D eigenvalue weighted by molar-refractivity contribution is 0.358. The summed E-state index contributed by atoms with van der Waals surface area (Å²) in [5.41, 5.74) is 1.92. The van der Waals surface area contributed by atoms with Crippen LogP contribution in [0.25, 0.3) is 0 Å². The van der Waals surface area contributed by atoms with Crippen LogP contribution >= 0.6 is 24.0 Å². The van der Waals surface area contributed by atoms with Crippen LogP contribution in [0.2, 0.25) is 0 Å². The van der Waals surface area contributed by atoms with Gasteiger partial charge in [-0.25, -0.2) is 18.1 Å². The fraction of sp³-hybridized carbons (Fsp3) is 0.286. The van der Waals surface area contributed by atoms with Crippen molar-refractivity contribution in [3.8, 4) is 5.75 Å². The van der Waals surface area contributed by atoms with Crippen LogP contribution in [0.1, 0.15) is 18.1 Å². The molecule has 9 heteroatoms. The van der Waals surface area contributed by atoms with E-state index in [0.717, 1.165) is 23.4 Å². The summed E-state index contributed by atoms with van der Waals surface area (Å²) < 4.78 is 31.6. The number of sulfonamides is 1. The average Bonchev–Trinajstić information content (AvgIpc) is 2.75. The molecule has 0 saturated heterocycles. The van der Waals surface area contributed by atoms with Crippen molar-refractivity contribution in [2.75, 3.05) is 20.2 Å². The van der Waals surface area contributed by atoms with Crippen molar-refractivity contribution >= 4 is 40.0 Å². The second-order valence-electron chi connectivity index (χ2n) is 6.11. The van der Waals surface area contributed by atoms with Crippen LogP contribution in [0.4, 0.5) is 0 Å². The van der Waals surface area contributed by atoms with E-state index in [0.29, 0.717) is 25.7 Å². The van der Waals surface area contributed by atoms with Crippen LogP contribution in [0.5, 0.6) is 5.75 Å². The highest BCUT2D eigenvalue weighted by Gasteiger charge is 2.10. The van der Waals surface area contributed by atoms with Crippen molar-refractivity contribution in [1.82, 2.24) is 15.4 Å². The van der Waals surface area contributed by atoms with Gasteiger partial charge in [-0.2, -0.15) is 0 Å². The Hall–Kier alpha value is -2.11. The Morgan fingerprint density at radius 1 is 1.13 bits per heavy atom. The highest BCUT2D eigenvalue weighted by Crippen LogP contribution is 2.17. The summed E-state index contributed by atoms with van der Waals surface area (Å²) in [6, 6.07) is 14.5. The summed E-state index contributed by atoms with van der Waals surface area (Å²) in [6.45, 7) is 7.82. The molecule has 0 bridgehead atoms.